The highest BCUT2D eigenvalue weighted by atomic mass is 19.1. The number of hydrogen-bond acceptors (Lipinski definition) is 1. The lowest BCUT2D eigenvalue weighted by atomic mass is 9.65. The van der Waals surface area contributed by atoms with Crippen LogP contribution in [0, 0.1) is 25.1 Å². The van der Waals surface area contributed by atoms with Crippen molar-refractivity contribution in [1.82, 2.24) is 0 Å². The molecule has 1 fully saturated rings. The van der Waals surface area contributed by atoms with E-state index in [1.807, 2.05) is 19.9 Å². The number of halogens is 1. The molecular weight excluding hydrogens is 225 g/mol. The average molecular weight is 249 g/mol. The van der Waals surface area contributed by atoms with Gasteiger partial charge in [0.2, 0.25) is 0 Å². The Labute approximate surface area is 110 Å². The van der Waals surface area contributed by atoms with Crippen molar-refractivity contribution >= 4 is 0 Å². The highest BCUT2D eigenvalue weighted by Crippen LogP contribution is 2.46. The van der Waals surface area contributed by atoms with Crippen LogP contribution in [0.25, 0.3) is 0 Å². The molecule has 1 unspecified atom stereocenters. The minimum atomic E-state index is -0.496. The van der Waals surface area contributed by atoms with Gasteiger partial charge < -0.3 is 5.73 Å². The Morgan fingerprint density at radius 1 is 1.17 bits per heavy atom. The summed E-state index contributed by atoms with van der Waals surface area (Å²) in [5.41, 5.74) is 8.97. The quantitative estimate of drug-likeness (QED) is 0.793. The first kappa shape index (κ1) is 13.5. The normalized spacial score (nSPS) is 27.2. The van der Waals surface area contributed by atoms with Gasteiger partial charge in [-0.25, -0.2) is 4.39 Å². The van der Waals surface area contributed by atoms with E-state index in [0.29, 0.717) is 0 Å². The summed E-state index contributed by atoms with van der Waals surface area (Å²) in [6.07, 6.45) is 4.01. The summed E-state index contributed by atoms with van der Waals surface area (Å²) in [5, 5.41) is 0. The molecule has 0 amide bonds. The van der Waals surface area contributed by atoms with Crippen LogP contribution < -0.4 is 5.73 Å². The van der Waals surface area contributed by atoms with Gasteiger partial charge in [0.1, 0.15) is 5.82 Å². The van der Waals surface area contributed by atoms with Gasteiger partial charge >= 0.3 is 0 Å². The first-order valence-electron chi connectivity index (χ1n) is 6.80. The molecular formula is C16H24FN. The van der Waals surface area contributed by atoms with E-state index < -0.39 is 5.54 Å². The maximum absolute atomic E-state index is 14.3. The predicted molar refractivity (Wildman–Crippen MR) is 74.0 cm³/mol. The van der Waals surface area contributed by atoms with Crippen LogP contribution in [-0.2, 0) is 5.54 Å². The van der Waals surface area contributed by atoms with Crippen molar-refractivity contribution < 1.29 is 4.39 Å². The molecule has 1 nitrogen and oxygen atoms in total. The van der Waals surface area contributed by atoms with Crippen LogP contribution in [0.15, 0.2) is 12.1 Å². The molecule has 0 bridgehead atoms. The van der Waals surface area contributed by atoms with Crippen LogP contribution in [0.5, 0.6) is 0 Å². The highest BCUT2D eigenvalue weighted by Gasteiger charge is 2.40. The van der Waals surface area contributed by atoms with E-state index in [1.54, 1.807) is 6.07 Å². The first-order chi connectivity index (χ1) is 8.23. The van der Waals surface area contributed by atoms with Crippen molar-refractivity contribution in [3.8, 4) is 0 Å². The molecule has 0 heterocycles. The van der Waals surface area contributed by atoms with Crippen molar-refractivity contribution in [3.05, 3.63) is 34.6 Å². The molecule has 1 atom stereocenters. The molecule has 0 radical (unpaired) electrons. The predicted octanol–water partition coefficient (Wildman–Crippen LogP) is 4.20. The SMILES string of the molecule is Cc1cc(C)c(C2(N)CCCC(C)(C)C2)c(F)c1. The molecule has 0 aliphatic heterocycles. The molecule has 2 N–H and O–H groups in total. The number of benzene rings is 1. The van der Waals surface area contributed by atoms with E-state index >= 15 is 0 Å². The molecule has 1 aliphatic carbocycles. The molecule has 1 aliphatic rings. The molecule has 1 aromatic rings. The number of aryl methyl sites for hydroxylation is 2. The highest BCUT2D eigenvalue weighted by molar-refractivity contribution is 5.37. The summed E-state index contributed by atoms with van der Waals surface area (Å²) in [6, 6.07) is 3.65. The summed E-state index contributed by atoms with van der Waals surface area (Å²) in [5.74, 6) is -0.132. The summed E-state index contributed by atoms with van der Waals surface area (Å²) in [4.78, 5) is 0. The molecule has 2 heteroatoms. The fourth-order valence-electron chi connectivity index (χ4n) is 3.67. The lowest BCUT2D eigenvalue weighted by molar-refractivity contribution is 0.147. The van der Waals surface area contributed by atoms with Gasteiger partial charge in [-0.05, 0) is 55.7 Å². The first-order valence-corrected chi connectivity index (χ1v) is 6.80. The number of rotatable bonds is 1. The third-order valence-corrected chi connectivity index (χ3v) is 4.20. The monoisotopic (exact) mass is 249 g/mol. The number of hydrogen-bond donors (Lipinski definition) is 1. The van der Waals surface area contributed by atoms with Gasteiger partial charge in [0.15, 0.2) is 0 Å². The molecule has 0 spiro atoms. The lowest BCUT2D eigenvalue weighted by Gasteiger charge is -2.43. The minimum absolute atomic E-state index is 0.132. The van der Waals surface area contributed by atoms with Gasteiger partial charge in [-0.15, -0.1) is 0 Å². The fourth-order valence-corrected chi connectivity index (χ4v) is 3.67. The van der Waals surface area contributed by atoms with Crippen LogP contribution in [0.2, 0.25) is 0 Å². The van der Waals surface area contributed by atoms with E-state index in [9.17, 15) is 4.39 Å². The van der Waals surface area contributed by atoms with Gasteiger partial charge in [0, 0.05) is 11.1 Å². The zero-order chi connectivity index (χ0) is 13.6. The third kappa shape index (κ3) is 2.44. The number of nitrogens with two attached hydrogens (primary N) is 1. The molecule has 18 heavy (non-hydrogen) atoms. The maximum atomic E-state index is 14.3. The van der Waals surface area contributed by atoms with Crippen molar-refractivity contribution in [2.75, 3.05) is 0 Å². The Kier molecular flexibility index (Phi) is 3.26. The van der Waals surface area contributed by atoms with Crippen molar-refractivity contribution in [3.63, 3.8) is 0 Å². The molecule has 1 saturated carbocycles. The second-order valence-electron chi connectivity index (χ2n) is 6.79. The van der Waals surface area contributed by atoms with Crippen LogP contribution in [0.4, 0.5) is 4.39 Å². The second-order valence-corrected chi connectivity index (χ2v) is 6.79. The molecule has 2 rings (SSSR count). The molecule has 0 saturated heterocycles. The Bertz CT molecular complexity index is 441. The maximum Gasteiger partial charge on any atom is 0.128 e. The van der Waals surface area contributed by atoms with Crippen molar-refractivity contribution in [2.24, 2.45) is 11.1 Å². The van der Waals surface area contributed by atoms with Gasteiger partial charge in [0.25, 0.3) is 0 Å². The summed E-state index contributed by atoms with van der Waals surface area (Å²) < 4.78 is 14.3. The van der Waals surface area contributed by atoms with Gasteiger partial charge in [-0.3, -0.25) is 0 Å². The largest absolute Gasteiger partial charge is 0.321 e. The van der Waals surface area contributed by atoms with Crippen LogP contribution in [0.3, 0.4) is 0 Å². The Morgan fingerprint density at radius 3 is 2.39 bits per heavy atom. The second kappa shape index (κ2) is 4.34. The smallest absolute Gasteiger partial charge is 0.128 e. The van der Waals surface area contributed by atoms with Crippen LogP contribution >= 0.6 is 0 Å². The minimum Gasteiger partial charge on any atom is -0.321 e. The van der Waals surface area contributed by atoms with E-state index in [-0.39, 0.29) is 11.2 Å². The van der Waals surface area contributed by atoms with Gasteiger partial charge in [-0.2, -0.15) is 0 Å². The van der Waals surface area contributed by atoms with Crippen LogP contribution in [0.1, 0.15) is 56.2 Å². The standard InChI is InChI=1S/C16H24FN/c1-11-8-12(2)14(13(17)9-11)16(18)7-5-6-15(3,4)10-16/h8-9H,5-7,10,18H2,1-4H3. The zero-order valence-electron chi connectivity index (χ0n) is 11.9. The van der Waals surface area contributed by atoms with E-state index in [1.165, 1.54) is 6.42 Å². The lowest BCUT2D eigenvalue weighted by Crippen LogP contribution is -2.45. The van der Waals surface area contributed by atoms with Crippen molar-refractivity contribution in [2.45, 2.75) is 58.9 Å². The Morgan fingerprint density at radius 2 is 1.83 bits per heavy atom. The van der Waals surface area contributed by atoms with E-state index in [2.05, 4.69) is 13.8 Å². The molecule has 1 aromatic carbocycles. The Balaban J connectivity index is 2.47. The summed E-state index contributed by atoms with van der Waals surface area (Å²) in [6.45, 7) is 8.36. The average Bonchev–Trinajstić information content (AvgIpc) is 2.11. The summed E-state index contributed by atoms with van der Waals surface area (Å²) >= 11 is 0. The Hall–Kier alpha value is -0.890. The molecule has 0 aromatic heterocycles. The summed E-state index contributed by atoms with van der Waals surface area (Å²) in [7, 11) is 0. The third-order valence-electron chi connectivity index (χ3n) is 4.20. The van der Waals surface area contributed by atoms with Gasteiger partial charge in [0.05, 0.1) is 0 Å². The van der Waals surface area contributed by atoms with Crippen LogP contribution in [-0.4, -0.2) is 0 Å². The topological polar surface area (TPSA) is 26.0 Å². The van der Waals surface area contributed by atoms with E-state index in [0.717, 1.165) is 36.0 Å². The zero-order valence-corrected chi connectivity index (χ0v) is 11.9. The van der Waals surface area contributed by atoms with E-state index in [4.69, 9.17) is 5.73 Å². The van der Waals surface area contributed by atoms with Gasteiger partial charge in [-0.1, -0.05) is 26.3 Å². The molecule has 100 valence electrons. The fraction of sp³-hybridized carbons (Fsp3) is 0.625. The van der Waals surface area contributed by atoms with Crippen molar-refractivity contribution in [1.29, 1.82) is 0 Å².